The van der Waals surface area contributed by atoms with Crippen molar-refractivity contribution in [3.8, 4) is 0 Å². The summed E-state index contributed by atoms with van der Waals surface area (Å²) in [6.07, 6.45) is 2.88. The van der Waals surface area contributed by atoms with Crippen LogP contribution in [0.4, 0.5) is 15.8 Å². The van der Waals surface area contributed by atoms with Gasteiger partial charge in [0.1, 0.15) is 6.04 Å². The number of piperazine rings is 1. The maximum Gasteiger partial charge on any atom is 0.335 e. The molecule has 0 aromatic heterocycles. The summed E-state index contributed by atoms with van der Waals surface area (Å²) in [5, 5.41) is 9.07. The van der Waals surface area contributed by atoms with Gasteiger partial charge < -0.3 is 19.8 Å². The lowest BCUT2D eigenvalue weighted by Gasteiger charge is -2.40. The number of halogens is 2. The third kappa shape index (κ3) is 6.41. The van der Waals surface area contributed by atoms with Crippen molar-refractivity contribution in [1.82, 2.24) is 9.80 Å². The number of ketones is 1. The van der Waals surface area contributed by atoms with Gasteiger partial charge in [0.05, 0.1) is 16.1 Å². The maximum absolute atomic E-state index is 14.9. The number of fused-ring (bicyclic) bond motifs is 1. The van der Waals surface area contributed by atoms with Gasteiger partial charge in [-0.3, -0.25) is 9.59 Å². The van der Waals surface area contributed by atoms with E-state index in [0.717, 1.165) is 43.0 Å². The number of likely N-dealkylation sites (N-methyl/N-ethyl adjacent to an activating group) is 1. The van der Waals surface area contributed by atoms with Gasteiger partial charge in [0.2, 0.25) is 5.91 Å². The van der Waals surface area contributed by atoms with Crippen LogP contribution in [-0.2, 0) is 22.4 Å². The molecule has 44 heavy (non-hydrogen) atoms. The lowest BCUT2D eigenvalue weighted by molar-refractivity contribution is -0.428. The Morgan fingerprint density at radius 3 is 2.39 bits per heavy atom. The Hall–Kier alpha value is -4.41. The quantitative estimate of drug-likeness (QED) is 0.282. The zero-order valence-electron chi connectivity index (χ0n) is 24.5. The van der Waals surface area contributed by atoms with Gasteiger partial charge in [0.25, 0.3) is 5.69 Å². The number of rotatable bonds is 8. The molecule has 0 aliphatic carbocycles. The molecule has 9 nitrogen and oxygen atoms in total. The van der Waals surface area contributed by atoms with E-state index in [4.69, 9.17) is 11.6 Å². The van der Waals surface area contributed by atoms with Crippen LogP contribution in [0.15, 0.2) is 60.7 Å². The van der Waals surface area contributed by atoms with Crippen LogP contribution in [0.2, 0.25) is 5.02 Å². The number of carbonyl (C=O) groups excluding carboxylic acids is 2. The maximum atomic E-state index is 14.9. The molecule has 3 aromatic carbocycles. The minimum Gasteiger partial charge on any atom is -0.478 e. The molecule has 0 spiro atoms. The Morgan fingerprint density at radius 2 is 1.73 bits per heavy atom. The van der Waals surface area contributed by atoms with Crippen molar-refractivity contribution in [2.75, 3.05) is 51.7 Å². The summed E-state index contributed by atoms with van der Waals surface area (Å²) < 4.78 is 15.4. The minimum atomic E-state index is -1.06. The van der Waals surface area contributed by atoms with Crippen LogP contribution in [0.5, 0.6) is 0 Å². The van der Waals surface area contributed by atoms with Crippen LogP contribution in [0, 0.1) is 10.7 Å². The fraction of sp³-hybridized carbons (Fsp3) is 0.303. The van der Waals surface area contributed by atoms with Gasteiger partial charge in [-0.2, -0.15) is 0 Å². The van der Waals surface area contributed by atoms with Gasteiger partial charge >= 0.3 is 5.97 Å². The molecule has 0 radical (unpaired) electrons. The predicted octanol–water partition coefficient (Wildman–Crippen LogP) is 4.92. The summed E-state index contributed by atoms with van der Waals surface area (Å²) in [6.45, 7) is 3.76. The van der Waals surface area contributed by atoms with Crippen molar-refractivity contribution in [2.24, 2.45) is 0 Å². The lowest BCUT2D eigenvalue weighted by Crippen LogP contribution is -2.46. The van der Waals surface area contributed by atoms with Crippen LogP contribution in [0.3, 0.4) is 0 Å². The Balaban J connectivity index is 1.51. The van der Waals surface area contributed by atoms with Crippen LogP contribution in [0.1, 0.15) is 38.7 Å². The second-order valence-corrected chi connectivity index (χ2v) is 11.5. The molecular weight excluding hydrogens is 587 g/mol. The highest BCUT2D eigenvalue weighted by Crippen LogP contribution is 2.37. The van der Waals surface area contributed by atoms with Crippen molar-refractivity contribution in [3.05, 3.63) is 104 Å². The number of amides is 1. The number of anilines is 1. The van der Waals surface area contributed by atoms with Gasteiger partial charge in [-0.1, -0.05) is 35.9 Å². The molecule has 2 aliphatic heterocycles. The number of carboxylic acid groups (broad SMARTS) is 1. The number of carbonyl (C=O) groups is 3. The van der Waals surface area contributed by atoms with Crippen LogP contribution in [0.25, 0.3) is 6.08 Å². The van der Waals surface area contributed by atoms with E-state index in [2.05, 4.69) is 22.9 Å². The van der Waals surface area contributed by atoms with E-state index in [0.29, 0.717) is 16.7 Å². The van der Waals surface area contributed by atoms with E-state index in [1.807, 2.05) is 12.1 Å². The number of hydrogen-bond donors (Lipinski definition) is 1. The fourth-order valence-corrected chi connectivity index (χ4v) is 6.05. The van der Waals surface area contributed by atoms with Gasteiger partial charge in [0.15, 0.2) is 18.6 Å². The molecule has 228 valence electrons. The number of benzene rings is 3. The molecule has 5 rings (SSSR count). The second-order valence-electron chi connectivity index (χ2n) is 11.1. The predicted molar refractivity (Wildman–Crippen MR) is 166 cm³/mol. The van der Waals surface area contributed by atoms with Crippen molar-refractivity contribution in [3.63, 3.8) is 0 Å². The topological polar surface area (TPSA) is 101 Å². The van der Waals surface area contributed by atoms with E-state index < -0.39 is 23.7 Å². The normalized spacial score (nSPS) is 17.0. The van der Waals surface area contributed by atoms with E-state index in [1.165, 1.54) is 48.4 Å². The van der Waals surface area contributed by atoms with Crippen molar-refractivity contribution in [1.29, 1.82) is 0 Å². The number of Topliss-reactive ketones (excluding diaryl/α,β-unsaturated/α-hetero) is 1. The molecule has 1 unspecified atom stereocenters. The van der Waals surface area contributed by atoms with Crippen LogP contribution in [-0.4, -0.2) is 84.1 Å². The largest absolute Gasteiger partial charge is 0.478 e. The molecule has 1 saturated heterocycles. The highest BCUT2D eigenvalue weighted by atomic mass is 35.5. The van der Waals surface area contributed by atoms with Gasteiger partial charge in [-0.15, -0.1) is 0 Å². The van der Waals surface area contributed by atoms with E-state index in [-0.39, 0.29) is 40.6 Å². The number of hydrogen-bond acceptors (Lipinski definition) is 6. The number of nitroso groups, excluding NO2 is 1. The average molecular weight is 620 g/mol. The lowest BCUT2D eigenvalue weighted by atomic mass is 9.86. The average Bonchev–Trinajstić information content (AvgIpc) is 3.01. The van der Waals surface area contributed by atoms with E-state index >= 15 is 0 Å². The highest BCUT2D eigenvalue weighted by Gasteiger charge is 2.37. The van der Waals surface area contributed by atoms with Crippen molar-refractivity contribution in [2.45, 2.75) is 18.9 Å². The molecule has 1 N–H and O–H groups in total. The monoisotopic (exact) mass is 619 g/mol. The Morgan fingerprint density at radius 1 is 1.02 bits per heavy atom. The standard InChI is InChI=1S/C33H32ClFN4O5/c1-36-16-18-38(19-17-36)28-5-3-4-24-23(28)14-15-39(32(24)29(40)20-21-6-8-22(9-7-21)33(42)43)30(41)13-10-25-27(37(2)44)12-11-26(34)31(25)35/h3-13,32H,14-20H2,1-2H3/p+1/b13-10+. The molecule has 3 aromatic rings. The molecule has 11 heteroatoms. The Bertz CT molecular complexity index is 1650. The Kier molecular flexibility index (Phi) is 9.22. The third-order valence-electron chi connectivity index (χ3n) is 8.25. The first-order chi connectivity index (χ1) is 21.0. The second kappa shape index (κ2) is 13.1. The number of carboxylic acids is 1. The Labute approximate surface area is 259 Å². The summed E-state index contributed by atoms with van der Waals surface area (Å²) in [5.74, 6) is -2.64. The first-order valence-corrected chi connectivity index (χ1v) is 14.7. The third-order valence-corrected chi connectivity index (χ3v) is 8.54. The summed E-state index contributed by atoms with van der Waals surface area (Å²) in [6, 6.07) is 13.6. The fourth-order valence-electron chi connectivity index (χ4n) is 5.88. The molecule has 2 heterocycles. The minimum absolute atomic E-state index is 0.00851. The molecule has 1 amide bonds. The molecule has 1 atom stereocenters. The molecular formula is C33H33ClFN4O5+. The van der Waals surface area contributed by atoms with Crippen LogP contribution < -0.4 is 4.90 Å². The molecule has 0 bridgehead atoms. The SMILES string of the molecule is CN1CCN(c2cccc3c2CCN(C(=O)/C=C/c2c([N+](C)=O)ccc(Cl)c2F)C3C(=O)Cc2ccc(C(=O)O)cc2)CC1. The van der Waals surface area contributed by atoms with E-state index in [9.17, 15) is 28.8 Å². The van der Waals surface area contributed by atoms with Gasteiger partial charge in [-0.25, -0.2) is 9.18 Å². The smallest absolute Gasteiger partial charge is 0.335 e. The van der Waals surface area contributed by atoms with Crippen molar-refractivity contribution < 1.29 is 28.6 Å². The summed E-state index contributed by atoms with van der Waals surface area (Å²) in [4.78, 5) is 57.2. The zero-order valence-corrected chi connectivity index (χ0v) is 25.3. The van der Waals surface area contributed by atoms with Gasteiger partial charge in [-0.05, 0) is 60.5 Å². The molecule has 2 aliphatic rings. The summed E-state index contributed by atoms with van der Waals surface area (Å²) in [5.41, 5.74) is 3.41. The van der Waals surface area contributed by atoms with Gasteiger partial charge in [0, 0.05) is 66.6 Å². The first-order valence-electron chi connectivity index (χ1n) is 14.3. The molecule has 0 saturated carbocycles. The molecule has 1 fully saturated rings. The highest BCUT2D eigenvalue weighted by molar-refractivity contribution is 6.31. The summed E-state index contributed by atoms with van der Waals surface area (Å²) >= 11 is 5.96. The number of nitrogens with zero attached hydrogens (tertiary/aromatic N) is 4. The first kappa shape index (κ1) is 31.0. The number of aromatic carboxylic acids is 1. The van der Waals surface area contributed by atoms with Crippen LogP contribution >= 0.6 is 11.6 Å². The van der Waals surface area contributed by atoms with Crippen molar-refractivity contribution >= 4 is 46.7 Å². The zero-order chi connectivity index (χ0) is 31.5. The summed E-state index contributed by atoms with van der Waals surface area (Å²) in [7, 11) is 3.30. The van der Waals surface area contributed by atoms with E-state index in [1.54, 1.807) is 12.1 Å².